The Labute approximate surface area is 135 Å². The summed E-state index contributed by atoms with van der Waals surface area (Å²) in [5.74, 6) is 0.734. The molecule has 0 radical (unpaired) electrons. The number of carbonyl (C=O) groups is 2. The van der Waals surface area contributed by atoms with Gasteiger partial charge < -0.3 is 15.0 Å². The fourth-order valence-corrected chi connectivity index (χ4v) is 2.64. The third-order valence-electron chi connectivity index (χ3n) is 3.70. The lowest BCUT2D eigenvalue weighted by Crippen LogP contribution is -2.46. The zero-order chi connectivity index (χ0) is 15.9. The quantitative estimate of drug-likeness (QED) is 0.903. The number of halogens is 1. The molecule has 0 atom stereocenters. The highest BCUT2D eigenvalue weighted by molar-refractivity contribution is 6.30. The van der Waals surface area contributed by atoms with Crippen molar-refractivity contribution in [2.45, 2.75) is 32.2 Å². The minimum atomic E-state index is -0.0247. The molecule has 0 aromatic heterocycles. The first-order valence-corrected chi connectivity index (χ1v) is 7.85. The van der Waals surface area contributed by atoms with Crippen molar-refractivity contribution >= 4 is 23.4 Å². The number of rotatable bonds is 5. The molecule has 2 amide bonds. The molecule has 1 saturated heterocycles. The molecule has 0 spiro atoms. The van der Waals surface area contributed by atoms with Crippen LogP contribution in [0.25, 0.3) is 0 Å². The van der Waals surface area contributed by atoms with Crippen molar-refractivity contribution in [1.29, 1.82) is 0 Å². The predicted octanol–water partition coefficient (Wildman–Crippen LogP) is 2.24. The van der Waals surface area contributed by atoms with E-state index in [1.807, 2.05) is 4.90 Å². The summed E-state index contributed by atoms with van der Waals surface area (Å²) in [6.45, 7) is 3.31. The molecule has 22 heavy (non-hydrogen) atoms. The smallest absolute Gasteiger partial charge is 0.223 e. The number of hydrogen-bond donors (Lipinski definition) is 1. The molecule has 1 aromatic carbocycles. The molecule has 0 bridgehead atoms. The Kier molecular flexibility index (Phi) is 6.07. The first-order valence-electron chi connectivity index (χ1n) is 7.48. The highest BCUT2D eigenvalue weighted by atomic mass is 35.5. The molecule has 1 aliphatic rings. The molecule has 0 unspecified atom stereocenters. The summed E-state index contributed by atoms with van der Waals surface area (Å²) in [5, 5.41) is 3.60. The van der Waals surface area contributed by atoms with E-state index in [1.165, 1.54) is 0 Å². The third kappa shape index (κ3) is 5.22. The monoisotopic (exact) mass is 324 g/mol. The van der Waals surface area contributed by atoms with E-state index in [9.17, 15) is 9.59 Å². The molecule has 120 valence electrons. The van der Waals surface area contributed by atoms with Crippen molar-refractivity contribution in [2.75, 3.05) is 19.7 Å². The molecule has 1 fully saturated rings. The molecule has 0 saturated carbocycles. The second-order valence-corrected chi connectivity index (χ2v) is 5.84. The largest absolute Gasteiger partial charge is 0.493 e. The van der Waals surface area contributed by atoms with Crippen molar-refractivity contribution in [1.82, 2.24) is 10.2 Å². The second-order valence-electron chi connectivity index (χ2n) is 5.40. The van der Waals surface area contributed by atoms with Gasteiger partial charge in [0.1, 0.15) is 5.75 Å². The van der Waals surface area contributed by atoms with Crippen molar-refractivity contribution in [3.05, 3.63) is 29.3 Å². The molecule has 2 rings (SSSR count). The summed E-state index contributed by atoms with van der Waals surface area (Å²) in [7, 11) is 0. The first-order chi connectivity index (χ1) is 10.5. The maximum absolute atomic E-state index is 11.9. The molecule has 0 aliphatic carbocycles. The van der Waals surface area contributed by atoms with Crippen LogP contribution in [0.5, 0.6) is 5.75 Å². The van der Waals surface area contributed by atoms with Gasteiger partial charge in [0.25, 0.3) is 0 Å². The number of amides is 2. The van der Waals surface area contributed by atoms with Crippen LogP contribution >= 0.6 is 11.6 Å². The van der Waals surface area contributed by atoms with Crippen LogP contribution in [0, 0.1) is 0 Å². The van der Waals surface area contributed by atoms with Crippen molar-refractivity contribution in [3.63, 3.8) is 0 Å². The Morgan fingerprint density at radius 2 is 2.09 bits per heavy atom. The molecular weight excluding hydrogens is 304 g/mol. The summed E-state index contributed by atoms with van der Waals surface area (Å²) in [6, 6.07) is 7.25. The van der Waals surface area contributed by atoms with Gasteiger partial charge in [-0.25, -0.2) is 0 Å². The Morgan fingerprint density at radius 3 is 2.73 bits per heavy atom. The standard InChI is InChI=1S/C16H21ClN2O3/c1-12(20)19-8-5-14(6-9-19)18-16(21)7-10-22-15-4-2-3-13(17)11-15/h2-4,11,14H,5-10H2,1H3,(H,18,21). The number of nitrogens with zero attached hydrogens (tertiary/aromatic N) is 1. The maximum atomic E-state index is 11.9. The number of carbonyl (C=O) groups excluding carboxylic acids is 2. The van der Waals surface area contributed by atoms with Gasteiger partial charge in [-0.3, -0.25) is 9.59 Å². The number of ether oxygens (including phenoxy) is 1. The Hall–Kier alpha value is -1.75. The highest BCUT2D eigenvalue weighted by Gasteiger charge is 2.21. The summed E-state index contributed by atoms with van der Waals surface area (Å²) in [5.41, 5.74) is 0. The van der Waals surface area contributed by atoms with Gasteiger partial charge in [0.15, 0.2) is 0 Å². The Bertz CT molecular complexity index is 528. The van der Waals surface area contributed by atoms with Crippen LogP contribution in [0.15, 0.2) is 24.3 Å². The fourth-order valence-electron chi connectivity index (χ4n) is 2.46. The van der Waals surface area contributed by atoms with Crippen LogP contribution in [-0.2, 0) is 9.59 Å². The van der Waals surface area contributed by atoms with Gasteiger partial charge in [-0.05, 0) is 31.0 Å². The minimum absolute atomic E-state index is 0.0247. The topological polar surface area (TPSA) is 58.6 Å². The van der Waals surface area contributed by atoms with Crippen LogP contribution in [0.2, 0.25) is 5.02 Å². The molecule has 1 aromatic rings. The SMILES string of the molecule is CC(=O)N1CCC(NC(=O)CCOc2cccc(Cl)c2)CC1. The van der Waals surface area contributed by atoms with E-state index in [2.05, 4.69) is 5.32 Å². The minimum Gasteiger partial charge on any atom is -0.493 e. The fraction of sp³-hybridized carbons (Fsp3) is 0.500. The average molecular weight is 325 g/mol. The molecular formula is C16H21ClN2O3. The summed E-state index contributed by atoms with van der Waals surface area (Å²) in [4.78, 5) is 24.9. The first kappa shape index (κ1) is 16.6. The van der Waals surface area contributed by atoms with Crippen molar-refractivity contribution in [2.24, 2.45) is 0 Å². The van der Waals surface area contributed by atoms with Gasteiger partial charge in [0.05, 0.1) is 13.0 Å². The van der Waals surface area contributed by atoms with Gasteiger partial charge >= 0.3 is 0 Å². The van der Waals surface area contributed by atoms with Crippen molar-refractivity contribution < 1.29 is 14.3 Å². The summed E-state index contributed by atoms with van der Waals surface area (Å²) < 4.78 is 5.50. The van der Waals surface area contributed by atoms with Crippen LogP contribution in [0.3, 0.4) is 0 Å². The second kappa shape index (κ2) is 8.03. The van der Waals surface area contributed by atoms with E-state index in [1.54, 1.807) is 31.2 Å². The molecule has 1 N–H and O–H groups in total. The van der Waals surface area contributed by atoms with E-state index in [0.717, 1.165) is 12.8 Å². The molecule has 6 heteroatoms. The lowest BCUT2D eigenvalue weighted by molar-refractivity contribution is -0.130. The zero-order valence-corrected chi connectivity index (χ0v) is 13.4. The lowest BCUT2D eigenvalue weighted by Gasteiger charge is -2.31. The van der Waals surface area contributed by atoms with Gasteiger partial charge in [-0.15, -0.1) is 0 Å². The van der Waals surface area contributed by atoms with Gasteiger partial charge in [0, 0.05) is 31.1 Å². The number of hydrogen-bond acceptors (Lipinski definition) is 3. The average Bonchev–Trinajstić information content (AvgIpc) is 2.48. The maximum Gasteiger partial charge on any atom is 0.223 e. The predicted molar refractivity (Wildman–Crippen MR) is 85.0 cm³/mol. The van der Waals surface area contributed by atoms with E-state index >= 15 is 0 Å². The lowest BCUT2D eigenvalue weighted by atomic mass is 10.0. The van der Waals surface area contributed by atoms with Gasteiger partial charge in [0.2, 0.25) is 11.8 Å². The van der Waals surface area contributed by atoms with Gasteiger partial charge in [-0.2, -0.15) is 0 Å². The molecule has 1 heterocycles. The number of nitrogens with one attached hydrogen (secondary N) is 1. The van der Waals surface area contributed by atoms with Gasteiger partial charge in [-0.1, -0.05) is 17.7 Å². The van der Waals surface area contributed by atoms with Crippen LogP contribution in [0.1, 0.15) is 26.2 Å². The summed E-state index contributed by atoms with van der Waals surface area (Å²) >= 11 is 5.86. The Morgan fingerprint density at radius 1 is 1.36 bits per heavy atom. The normalized spacial score (nSPS) is 15.5. The highest BCUT2D eigenvalue weighted by Crippen LogP contribution is 2.17. The van der Waals surface area contributed by atoms with E-state index in [4.69, 9.17) is 16.3 Å². The van der Waals surface area contributed by atoms with E-state index in [-0.39, 0.29) is 17.9 Å². The van der Waals surface area contributed by atoms with Crippen LogP contribution < -0.4 is 10.1 Å². The number of piperidine rings is 1. The zero-order valence-electron chi connectivity index (χ0n) is 12.7. The summed E-state index contributed by atoms with van der Waals surface area (Å²) in [6.07, 6.45) is 1.92. The molecule has 5 nitrogen and oxygen atoms in total. The number of benzene rings is 1. The van der Waals surface area contributed by atoms with Crippen LogP contribution in [0.4, 0.5) is 0 Å². The molecule has 1 aliphatic heterocycles. The third-order valence-corrected chi connectivity index (χ3v) is 3.93. The van der Waals surface area contributed by atoms with E-state index < -0.39 is 0 Å². The van der Waals surface area contributed by atoms with Crippen LogP contribution in [-0.4, -0.2) is 42.5 Å². The Balaban J connectivity index is 1.65. The van der Waals surface area contributed by atoms with Crippen molar-refractivity contribution in [3.8, 4) is 5.75 Å². The number of likely N-dealkylation sites (tertiary alicyclic amines) is 1. The van der Waals surface area contributed by atoms with E-state index in [0.29, 0.717) is 36.9 Å².